The lowest BCUT2D eigenvalue weighted by Crippen LogP contribution is -2.28. The van der Waals surface area contributed by atoms with Gasteiger partial charge in [-0.15, -0.1) is 0 Å². The van der Waals surface area contributed by atoms with Gasteiger partial charge >= 0.3 is 11.9 Å². The molecule has 0 atom stereocenters. The molecule has 6 heteroatoms. The summed E-state index contributed by atoms with van der Waals surface area (Å²) in [4.78, 5) is 14.9. The molecule has 92 valence electrons. The molecule has 1 aromatic heterocycles. The first-order valence-corrected chi connectivity index (χ1v) is 5.90. The van der Waals surface area contributed by atoms with Crippen molar-refractivity contribution in [3.8, 4) is 0 Å². The number of hydrogen-bond acceptors (Lipinski definition) is 3. The molecular weight excluding hydrogens is 343 g/mol. The van der Waals surface area contributed by atoms with E-state index in [1.807, 2.05) is 0 Å². The first-order chi connectivity index (χ1) is 7.97. The van der Waals surface area contributed by atoms with E-state index >= 15 is 0 Å². The standard InChI is InChI=1S/C11H10F2INO2/c1-2-17-10(16)11(12,13)7-8(14)9-5-3-4-6-15-9/h3-7H,2H2,1H3/b8-7+. The Morgan fingerprint density at radius 3 is 2.82 bits per heavy atom. The van der Waals surface area contributed by atoms with Gasteiger partial charge in [-0.2, -0.15) is 8.78 Å². The number of rotatable bonds is 4. The number of nitrogens with zero attached hydrogens (tertiary/aromatic N) is 1. The maximum Gasteiger partial charge on any atom is 0.381 e. The summed E-state index contributed by atoms with van der Waals surface area (Å²) in [6, 6.07) is 4.94. The Hall–Kier alpha value is -1.05. The number of esters is 1. The molecule has 0 aliphatic carbocycles. The van der Waals surface area contributed by atoms with Gasteiger partial charge in [0.1, 0.15) is 0 Å². The number of pyridine rings is 1. The van der Waals surface area contributed by atoms with Crippen LogP contribution in [0, 0.1) is 0 Å². The van der Waals surface area contributed by atoms with Gasteiger partial charge in [-0.05, 0) is 41.6 Å². The molecule has 0 fully saturated rings. The fourth-order valence-corrected chi connectivity index (χ4v) is 1.73. The molecule has 0 spiro atoms. The van der Waals surface area contributed by atoms with Crippen LogP contribution in [0.25, 0.3) is 3.58 Å². The van der Waals surface area contributed by atoms with Gasteiger partial charge in [0.2, 0.25) is 0 Å². The van der Waals surface area contributed by atoms with Crippen LogP contribution in [0.1, 0.15) is 12.6 Å². The molecule has 0 saturated heterocycles. The van der Waals surface area contributed by atoms with Crippen LogP contribution in [0.5, 0.6) is 0 Å². The molecule has 1 rings (SSSR count). The van der Waals surface area contributed by atoms with Crippen LogP contribution >= 0.6 is 22.6 Å². The molecule has 0 amide bonds. The molecule has 0 aromatic carbocycles. The lowest BCUT2D eigenvalue weighted by Gasteiger charge is -2.11. The van der Waals surface area contributed by atoms with Gasteiger partial charge in [-0.25, -0.2) is 4.79 Å². The summed E-state index contributed by atoms with van der Waals surface area (Å²) in [6.07, 6.45) is 2.04. The summed E-state index contributed by atoms with van der Waals surface area (Å²) >= 11 is 1.71. The third kappa shape index (κ3) is 4.03. The van der Waals surface area contributed by atoms with Gasteiger partial charge < -0.3 is 4.74 Å². The number of alkyl halides is 2. The maximum atomic E-state index is 13.4. The van der Waals surface area contributed by atoms with Crippen molar-refractivity contribution in [2.45, 2.75) is 12.8 Å². The first kappa shape index (κ1) is 14.0. The van der Waals surface area contributed by atoms with Crippen molar-refractivity contribution in [2.24, 2.45) is 0 Å². The Morgan fingerprint density at radius 1 is 1.59 bits per heavy atom. The van der Waals surface area contributed by atoms with E-state index < -0.39 is 11.9 Å². The molecule has 0 N–H and O–H groups in total. The highest BCUT2D eigenvalue weighted by Gasteiger charge is 2.38. The predicted octanol–water partition coefficient (Wildman–Crippen LogP) is 3.06. The zero-order valence-corrected chi connectivity index (χ0v) is 11.1. The minimum absolute atomic E-state index is 0.0809. The van der Waals surface area contributed by atoms with E-state index in [1.165, 1.54) is 13.1 Å². The van der Waals surface area contributed by atoms with Gasteiger partial charge in [0.15, 0.2) is 0 Å². The van der Waals surface area contributed by atoms with Crippen molar-refractivity contribution >= 4 is 32.1 Å². The van der Waals surface area contributed by atoms with Gasteiger partial charge in [-0.3, -0.25) is 4.98 Å². The van der Waals surface area contributed by atoms with Gasteiger partial charge in [0.05, 0.1) is 12.3 Å². The SMILES string of the molecule is CCOC(=O)C(F)(F)/C=C(/I)c1ccccn1. The summed E-state index contributed by atoms with van der Waals surface area (Å²) in [5.74, 6) is -5.19. The summed E-state index contributed by atoms with van der Waals surface area (Å²) in [5.41, 5.74) is 0.386. The Balaban J connectivity index is 2.91. The highest BCUT2D eigenvalue weighted by Crippen LogP contribution is 2.27. The van der Waals surface area contributed by atoms with Gasteiger partial charge in [0.25, 0.3) is 0 Å². The largest absolute Gasteiger partial charge is 0.461 e. The zero-order chi connectivity index (χ0) is 12.9. The fraction of sp³-hybridized carbons (Fsp3) is 0.273. The topological polar surface area (TPSA) is 39.2 Å². The Morgan fingerprint density at radius 2 is 2.29 bits per heavy atom. The first-order valence-electron chi connectivity index (χ1n) is 4.82. The van der Waals surface area contributed by atoms with E-state index in [-0.39, 0.29) is 10.2 Å². The smallest absolute Gasteiger partial charge is 0.381 e. The van der Waals surface area contributed by atoms with Crippen molar-refractivity contribution < 1.29 is 18.3 Å². The zero-order valence-electron chi connectivity index (χ0n) is 8.99. The van der Waals surface area contributed by atoms with Crippen LogP contribution in [0.3, 0.4) is 0 Å². The average molecular weight is 353 g/mol. The minimum atomic E-state index is -3.63. The Kier molecular flexibility index (Phi) is 4.98. The van der Waals surface area contributed by atoms with Crippen LogP contribution in [-0.2, 0) is 9.53 Å². The maximum absolute atomic E-state index is 13.4. The van der Waals surface area contributed by atoms with Crippen LogP contribution in [-0.4, -0.2) is 23.5 Å². The third-order valence-electron chi connectivity index (χ3n) is 1.77. The Bertz CT molecular complexity index is 421. The van der Waals surface area contributed by atoms with Crippen LogP contribution in [0.15, 0.2) is 30.5 Å². The Labute approximate surface area is 111 Å². The highest BCUT2D eigenvalue weighted by atomic mass is 127. The van der Waals surface area contributed by atoms with E-state index in [4.69, 9.17) is 0 Å². The molecule has 0 aliphatic rings. The highest BCUT2D eigenvalue weighted by molar-refractivity contribution is 14.1. The minimum Gasteiger partial charge on any atom is -0.461 e. The molecule has 1 aromatic rings. The van der Waals surface area contributed by atoms with Crippen LogP contribution in [0.2, 0.25) is 0 Å². The number of hydrogen-bond donors (Lipinski definition) is 0. The van der Waals surface area contributed by atoms with Gasteiger partial charge in [-0.1, -0.05) is 6.07 Å². The number of aromatic nitrogens is 1. The monoisotopic (exact) mass is 353 g/mol. The van der Waals surface area contributed by atoms with E-state index in [9.17, 15) is 13.6 Å². The average Bonchev–Trinajstić information content (AvgIpc) is 2.30. The summed E-state index contributed by atoms with van der Waals surface area (Å²) in [5, 5.41) is 0. The van der Waals surface area contributed by atoms with Gasteiger partial charge in [0, 0.05) is 15.9 Å². The number of ether oxygens (including phenoxy) is 1. The number of carbonyl (C=O) groups excluding carboxylic acids is 1. The number of carbonyl (C=O) groups is 1. The molecular formula is C11H10F2INO2. The predicted molar refractivity (Wildman–Crippen MR) is 67.8 cm³/mol. The van der Waals surface area contributed by atoms with E-state index in [2.05, 4.69) is 9.72 Å². The normalized spacial score (nSPS) is 12.4. The molecule has 1 heterocycles. The molecule has 0 bridgehead atoms. The third-order valence-corrected chi connectivity index (χ3v) is 2.63. The fourth-order valence-electron chi connectivity index (χ4n) is 1.02. The lowest BCUT2D eigenvalue weighted by molar-refractivity contribution is -0.164. The molecule has 0 saturated carbocycles. The molecule has 3 nitrogen and oxygen atoms in total. The second-order valence-corrected chi connectivity index (χ2v) is 4.21. The van der Waals surface area contributed by atoms with E-state index in [0.29, 0.717) is 11.8 Å². The van der Waals surface area contributed by atoms with Crippen molar-refractivity contribution in [1.82, 2.24) is 4.98 Å². The van der Waals surface area contributed by atoms with Crippen LogP contribution < -0.4 is 0 Å². The van der Waals surface area contributed by atoms with E-state index in [0.717, 1.165) is 0 Å². The second-order valence-electron chi connectivity index (χ2n) is 3.05. The molecule has 0 unspecified atom stereocenters. The summed E-state index contributed by atoms with van der Waals surface area (Å²) in [6.45, 7) is 1.39. The molecule has 17 heavy (non-hydrogen) atoms. The van der Waals surface area contributed by atoms with E-state index in [1.54, 1.807) is 40.8 Å². The van der Waals surface area contributed by atoms with Crippen molar-refractivity contribution in [3.63, 3.8) is 0 Å². The molecule has 0 aliphatic heterocycles. The quantitative estimate of drug-likeness (QED) is 0.617. The van der Waals surface area contributed by atoms with Crippen LogP contribution in [0.4, 0.5) is 8.78 Å². The van der Waals surface area contributed by atoms with Crippen molar-refractivity contribution in [2.75, 3.05) is 6.61 Å². The number of halogens is 3. The molecule has 0 radical (unpaired) electrons. The second kappa shape index (κ2) is 6.04. The summed E-state index contributed by atoms with van der Waals surface area (Å²) in [7, 11) is 0. The van der Waals surface area contributed by atoms with Crippen molar-refractivity contribution in [3.05, 3.63) is 36.2 Å². The lowest BCUT2D eigenvalue weighted by atomic mass is 10.2. The summed E-state index contributed by atoms with van der Waals surface area (Å²) < 4.78 is 31.2. The van der Waals surface area contributed by atoms with Crippen molar-refractivity contribution in [1.29, 1.82) is 0 Å².